The van der Waals surface area contributed by atoms with Crippen LogP contribution in [0.15, 0.2) is 30.5 Å². The number of benzene rings is 1. The van der Waals surface area contributed by atoms with Crippen molar-refractivity contribution in [1.29, 1.82) is 0 Å². The van der Waals surface area contributed by atoms with Gasteiger partial charge in [-0.2, -0.15) is 10.2 Å². The molecular formula is C16H19N5O. The Balaban J connectivity index is 1.84. The average Bonchev–Trinajstić information content (AvgIpc) is 3.05. The van der Waals surface area contributed by atoms with Crippen LogP contribution >= 0.6 is 0 Å². The van der Waals surface area contributed by atoms with Gasteiger partial charge in [-0.3, -0.25) is 14.2 Å². The topological polar surface area (TPSA) is 64.7 Å². The Morgan fingerprint density at radius 2 is 2.00 bits per heavy atom. The summed E-state index contributed by atoms with van der Waals surface area (Å²) in [5.74, 6) is -0.216. The Bertz CT molecular complexity index is 843. The lowest BCUT2D eigenvalue weighted by molar-refractivity contribution is 0.102. The maximum atomic E-state index is 12.2. The summed E-state index contributed by atoms with van der Waals surface area (Å²) in [5, 5.41) is 12.7. The van der Waals surface area contributed by atoms with Crippen LogP contribution in [-0.2, 0) is 7.05 Å². The number of hydrogen-bond donors (Lipinski definition) is 1. The van der Waals surface area contributed by atoms with E-state index in [4.69, 9.17) is 0 Å². The minimum Gasteiger partial charge on any atom is -0.321 e. The summed E-state index contributed by atoms with van der Waals surface area (Å²) in [5.41, 5.74) is 3.09. The molecule has 3 aromatic rings. The number of carbonyl (C=O) groups is 1. The number of amides is 1. The first kappa shape index (κ1) is 14.3. The third-order valence-corrected chi connectivity index (χ3v) is 3.76. The lowest BCUT2D eigenvalue weighted by Crippen LogP contribution is -2.13. The van der Waals surface area contributed by atoms with Gasteiger partial charge in [-0.15, -0.1) is 0 Å². The number of hydrogen-bond acceptors (Lipinski definition) is 3. The molecular weight excluding hydrogens is 278 g/mol. The second kappa shape index (κ2) is 5.29. The summed E-state index contributed by atoms with van der Waals surface area (Å²) in [6.45, 7) is 6.06. The molecule has 1 aromatic carbocycles. The van der Waals surface area contributed by atoms with Crippen molar-refractivity contribution in [2.24, 2.45) is 7.05 Å². The lowest BCUT2D eigenvalue weighted by atomic mass is 10.2. The number of nitrogens with one attached hydrogen (secondary N) is 1. The fourth-order valence-corrected chi connectivity index (χ4v) is 2.35. The van der Waals surface area contributed by atoms with E-state index in [1.54, 1.807) is 10.7 Å². The molecule has 2 heterocycles. The monoisotopic (exact) mass is 297 g/mol. The normalized spacial score (nSPS) is 11.3. The molecule has 1 N–H and O–H groups in total. The summed E-state index contributed by atoms with van der Waals surface area (Å²) in [7, 11) is 1.91. The maximum absolute atomic E-state index is 12.2. The molecule has 0 aliphatic carbocycles. The van der Waals surface area contributed by atoms with Crippen LogP contribution in [0.1, 0.15) is 36.1 Å². The summed E-state index contributed by atoms with van der Waals surface area (Å²) >= 11 is 0. The third kappa shape index (κ3) is 2.47. The highest BCUT2D eigenvalue weighted by atomic mass is 16.1. The molecule has 0 saturated heterocycles. The largest absolute Gasteiger partial charge is 0.321 e. The van der Waals surface area contributed by atoms with Gasteiger partial charge in [-0.1, -0.05) is 0 Å². The van der Waals surface area contributed by atoms with E-state index in [-0.39, 0.29) is 11.9 Å². The molecule has 0 bridgehead atoms. The zero-order valence-corrected chi connectivity index (χ0v) is 13.2. The molecule has 3 rings (SSSR count). The molecule has 0 saturated carbocycles. The van der Waals surface area contributed by atoms with Gasteiger partial charge in [0.1, 0.15) is 0 Å². The zero-order chi connectivity index (χ0) is 15.9. The highest BCUT2D eigenvalue weighted by Gasteiger charge is 2.12. The number of carbonyl (C=O) groups excluding carboxylic acids is 1. The first-order valence-electron chi connectivity index (χ1n) is 7.25. The molecule has 114 valence electrons. The van der Waals surface area contributed by atoms with Crippen molar-refractivity contribution in [2.45, 2.75) is 26.8 Å². The van der Waals surface area contributed by atoms with Crippen LogP contribution < -0.4 is 5.32 Å². The zero-order valence-electron chi connectivity index (χ0n) is 13.2. The van der Waals surface area contributed by atoms with E-state index in [0.717, 1.165) is 22.3 Å². The fraction of sp³-hybridized carbons (Fsp3) is 0.312. The van der Waals surface area contributed by atoms with Crippen LogP contribution in [0, 0.1) is 6.92 Å². The van der Waals surface area contributed by atoms with Crippen molar-refractivity contribution >= 4 is 22.5 Å². The predicted octanol–water partition coefficient (Wildman–Crippen LogP) is 2.91. The summed E-state index contributed by atoms with van der Waals surface area (Å²) < 4.78 is 3.60. The SMILES string of the molecule is Cc1c2ccc(NC(=O)c3ccn(C(C)C)n3)cc2nn1C. The van der Waals surface area contributed by atoms with Crippen LogP contribution in [0.25, 0.3) is 10.9 Å². The minimum absolute atomic E-state index is 0.216. The van der Waals surface area contributed by atoms with Gasteiger partial charge in [-0.05, 0) is 45.0 Å². The fourth-order valence-electron chi connectivity index (χ4n) is 2.35. The van der Waals surface area contributed by atoms with E-state index >= 15 is 0 Å². The number of anilines is 1. The van der Waals surface area contributed by atoms with Gasteiger partial charge in [0.15, 0.2) is 5.69 Å². The molecule has 2 aromatic heterocycles. The number of fused-ring (bicyclic) bond motifs is 1. The van der Waals surface area contributed by atoms with Gasteiger partial charge < -0.3 is 5.32 Å². The van der Waals surface area contributed by atoms with E-state index in [1.165, 1.54) is 0 Å². The third-order valence-electron chi connectivity index (χ3n) is 3.76. The van der Waals surface area contributed by atoms with Crippen molar-refractivity contribution in [3.05, 3.63) is 41.9 Å². The molecule has 0 fully saturated rings. The highest BCUT2D eigenvalue weighted by molar-refractivity contribution is 6.03. The van der Waals surface area contributed by atoms with E-state index < -0.39 is 0 Å². The van der Waals surface area contributed by atoms with Gasteiger partial charge in [0.2, 0.25) is 0 Å². The highest BCUT2D eigenvalue weighted by Crippen LogP contribution is 2.21. The molecule has 1 amide bonds. The van der Waals surface area contributed by atoms with Gasteiger partial charge in [0.25, 0.3) is 5.91 Å². The van der Waals surface area contributed by atoms with E-state index in [0.29, 0.717) is 5.69 Å². The summed E-state index contributed by atoms with van der Waals surface area (Å²) in [6, 6.07) is 7.68. The van der Waals surface area contributed by atoms with Crippen molar-refractivity contribution in [2.75, 3.05) is 5.32 Å². The standard InChI is InChI=1S/C16H19N5O/c1-10(2)21-8-7-14(19-21)16(22)17-12-5-6-13-11(3)20(4)18-15(13)9-12/h5-10H,1-4H3,(H,17,22). The Kier molecular flexibility index (Phi) is 3.44. The van der Waals surface area contributed by atoms with Gasteiger partial charge >= 0.3 is 0 Å². The number of nitrogens with zero attached hydrogens (tertiary/aromatic N) is 4. The molecule has 0 aliphatic rings. The first-order valence-corrected chi connectivity index (χ1v) is 7.25. The Hall–Kier alpha value is -2.63. The average molecular weight is 297 g/mol. The van der Waals surface area contributed by atoms with Crippen molar-refractivity contribution in [3.8, 4) is 0 Å². The van der Waals surface area contributed by atoms with Gasteiger partial charge in [0, 0.05) is 36.1 Å². The second-order valence-electron chi connectivity index (χ2n) is 5.67. The van der Waals surface area contributed by atoms with E-state index in [1.807, 2.05) is 56.9 Å². The van der Waals surface area contributed by atoms with Gasteiger partial charge in [0.05, 0.1) is 5.52 Å². The van der Waals surface area contributed by atoms with Crippen molar-refractivity contribution in [1.82, 2.24) is 19.6 Å². The number of aromatic nitrogens is 4. The number of rotatable bonds is 3. The lowest BCUT2D eigenvalue weighted by Gasteiger charge is -2.05. The van der Waals surface area contributed by atoms with E-state index in [2.05, 4.69) is 15.5 Å². The molecule has 0 spiro atoms. The molecule has 22 heavy (non-hydrogen) atoms. The minimum atomic E-state index is -0.216. The second-order valence-corrected chi connectivity index (χ2v) is 5.67. The maximum Gasteiger partial charge on any atom is 0.276 e. The van der Waals surface area contributed by atoms with Crippen LogP contribution in [-0.4, -0.2) is 25.5 Å². The van der Waals surface area contributed by atoms with Gasteiger partial charge in [-0.25, -0.2) is 0 Å². The van der Waals surface area contributed by atoms with Crippen LogP contribution in [0.5, 0.6) is 0 Å². The van der Waals surface area contributed by atoms with Crippen LogP contribution in [0.4, 0.5) is 5.69 Å². The first-order chi connectivity index (χ1) is 10.5. The van der Waals surface area contributed by atoms with Crippen LogP contribution in [0.3, 0.4) is 0 Å². The van der Waals surface area contributed by atoms with E-state index in [9.17, 15) is 4.79 Å². The molecule has 0 unspecified atom stereocenters. The molecule has 0 atom stereocenters. The quantitative estimate of drug-likeness (QED) is 0.808. The smallest absolute Gasteiger partial charge is 0.276 e. The Labute approximate surface area is 128 Å². The molecule has 0 aliphatic heterocycles. The van der Waals surface area contributed by atoms with Crippen molar-refractivity contribution < 1.29 is 4.79 Å². The summed E-state index contributed by atoms with van der Waals surface area (Å²) in [4.78, 5) is 12.2. The Morgan fingerprint density at radius 3 is 2.68 bits per heavy atom. The molecule has 6 nitrogen and oxygen atoms in total. The molecule has 6 heteroatoms. The summed E-state index contributed by atoms with van der Waals surface area (Å²) in [6.07, 6.45) is 1.81. The Morgan fingerprint density at radius 1 is 1.23 bits per heavy atom. The molecule has 0 radical (unpaired) electrons. The van der Waals surface area contributed by atoms with Crippen molar-refractivity contribution in [3.63, 3.8) is 0 Å². The predicted molar refractivity (Wildman–Crippen MR) is 86.0 cm³/mol. The number of aryl methyl sites for hydroxylation is 2. The van der Waals surface area contributed by atoms with Crippen LogP contribution in [0.2, 0.25) is 0 Å².